The normalized spacial score (nSPS) is 19.4. The van der Waals surface area contributed by atoms with Crippen molar-refractivity contribution >= 4 is 15.9 Å². The summed E-state index contributed by atoms with van der Waals surface area (Å²) in [5, 5.41) is 0. The lowest BCUT2D eigenvalue weighted by Crippen LogP contribution is -2.21. The van der Waals surface area contributed by atoms with Crippen LogP contribution in [0.4, 0.5) is 0 Å². The van der Waals surface area contributed by atoms with E-state index in [4.69, 9.17) is 10.5 Å². The van der Waals surface area contributed by atoms with Gasteiger partial charge >= 0.3 is 0 Å². The van der Waals surface area contributed by atoms with Gasteiger partial charge in [-0.2, -0.15) is 0 Å². The fraction of sp³-hybridized carbons (Fsp3) is 0.294. The smallest absolute Gasteiger partial charge is 0.0845 e. The first-order valence-corrected chi connectivity index (χ1v) is 7.74. The minimum atomic E-state index is -0.0105. The molecule has 2 aromatic rings. The maximum atomic E-state index is 6.35. The van der Waals surface area contributed by atoms with Crippen molar-refractivity contribution in [1.82, 2.24) is 0 Å². The summed E-state index contributed by atoms with van der Waals surface area (Å²) in [5.74, 6) is 0. The average Bonchev–Trinajstić information content (AvgIpc) is 2.47. The van der Waals surface area contributed by atoms with Crippen molar-refractivity contribution in [2.24, 2.45) is 5.73 Å². The second kappa shape index (κ2) is 6.08. The highest BCUT2D eigenvalue weighted by Gasteiger charge is 2.23. The molecule has 0 aromatic heterocycles. The van der Waals surface area contributed by atoms with E-state index in [2.05, 4.69) is 52.3 Å². The van der Waals surface area contributed by atoms with E-state index in [-0.39, 0.29) is 12.1 Å². The molecule has 0 bridgehead atoms. The highest BCUT2D eigenvalue weighted by molar-refractivity contribution is 9.10. The number of benzene rings is 2. The van der Waals surface area contributed by atoms with Crippen molar-refractivity contribution in [3.63, 3.8) is 0 Å². The molecule has 0 amide bonds. The van der Waals surface area contributed by atoms with Crippen LogP contribution in [0.2, 0.25) is 0 Å². The highest BCUT2D eigenvalue weighted by atomic mass is 79.9. The van der Waals surface area contributed by atoms with Crippen LogP contribution in [-0.4, -0.2) is 6.61 Å². The van der Waals surface area contributed by atoms with Crippen molar-refractivity contribution in [1.29, 1.82) is 0 Å². The zero-order valence-electron chi connectivity index (χ0n) is 11.3. The molecule has 0 fully saturated rings. The quantitative estimate of drug-likeness (QED) is 0.916. The monoisotopic (exact) mass is 331 g/mol. The molecule has 20 heavy (non-hydrogen) atoms. The second-order valence-corrected chi connectivity index (χ2v) is 6.12. The standard InChI is InChI=1S/C17H18BrNO/c18-14-6-3-5-13(10-14)16(19)11-17-15-7-2-1-4-12(15)8-9-20-17/h1-7,10,16-17H,8-9,11,19H2. The first-order valence-electron chi connectivity index (χ1n) is 6.94. The second-order valence-electron chi connectivity index (χ2n) is 5.21. The minimum Gasteiger partial charge on any atom is -0.373 e. The van der Waals surface area contributed by atoms with E-state index in [0.717, 1.165) is 29.5 Å². The van der Waals surface area contributed by atoms with Gasteiger partial charge in [0.1, 0.15) is 0 Å². The van der Waals surface area contributed by atoms with Crippen LogP contribution in [0.3, 0.4) is 0 Å². The molecule has 0 saturated carbocycles. The molecular weight excluding hydrogens is 314 g/mol. The lowest BCUT2D eigenvalue weighted by Gasteiger charge is -2.28. The first-order chi connectivity index (χ1) is 9.74. The summed E-state index contributed by atoms with van der Waals surface area (Å²) in [6.07, 6.45) is 1.92. The summed E-state index contributed by atoms with van der Waals surface area (Å²) in [5.41, 5.74) is 10.2. The van der Waals surface area contributed by atoms with Gasteiger partial charge < -0.3 is 10.5 Å². The van der Waals surface area contributed by atoms with E-state index in [0.29, 0.717) is 0 Å². The SMILES string of the molecule is NC(CC1OCCc2ccccc21)c1cccc(Br)c1. The molecule has 2 aromatic carbocycles. The van der Waals surface area contributed by atoms with Crippen LogP contribution in [0, 0.1) is 0 Å². The molecular formula is C17H18BrNO. The Balaban J connectivity index is 1.79. The van der Waals surface area contributed by atoms with E-state index in [9.17, 15) is 0 Å². The molecule has 0 saturated heterocycles. The molecule has 0 radical (unpaired) electrons. The Morgan fingerprint density at radius 3 is 2.90 bits per heavy atom. The van der Waals surface area contributed by atoms with Crippen LogP contribution in [-0.2, 0) is 11.2 Å². The number of hydrogen-bond donors (Lipinski definition) is 1. The highest BCUT2D eigenvalue weighted by Crippen LogP contribution is 2.33. The van der Waals surface area contributed by atoms with E-state index >= 15 is 0 Å². The van der Waals surface area contributed by atoms with Crippen LogP contribution in [0.25, 0.3) is 0 Å². The zero-order chi connectivity index (χ0) is 13.9. The third-order valence-electron chi connectivity index (χ3n) is 3.84. The van der Waals surface area contributed by atoms with Gasteiger partial charge in [-0.05, 0) is 41.7 Å². The van der Waals surface area contributed by atoms with Gasteiger partial charge in [-0.25, -0.2) is 0 Å². The fourth-order valence-electron chi connectivity index (χ4n) is 2.78. The summed E-state index contributed by atoms with van der Waals surface area (Å²) >= 11 is 3.49. The fourth-order valence-corrected chi connectivity index (χ4v) is 3.19. The molecule has 2 unspecified atom stereocenters. The van der Waals surface area contributed by atoms with Crippen LogP contribution in [0.5, 0.6) is 0 Å². The van der Waals surface area contributed by atoms with Crippen molar-refractivity contribution in [3.05, 3.63) is 69.7 Å². The van der Waals surface area contributed by atoms with Crippen molar-refractivity contribution < 1.29 is 4.74 Å². The van der Waals surface area contributed by atoms with Crippen molar-refractivity contribution in [2.75, 3.05) is 6.61 Å². The first kappa shape index (κ1) is 13.8. The van der Waals surface area contributed by atoms with Crippen molar-refractivity contribution in [3.8, 4) is 0 Å². The Labute approximate surface area is 128 Å². The largest absolute Gasteiger partial charge is 0.373 e. The molecule has 0 aliphatic carbocycles. The number of hydrogen-bond acceptors (Lipinski definition) is 2. The average molecular weight is 332 g/mol. The van der Waals surface area contributed by atoms with Gasteiger partial charge in [0.05, 0.1) is 12.7 Å². The minimum absolute atomic E-state index is 0.0105. The Hall–Kier alpha value is -1.16. The zero-order valence-corrected chi connectivity index (χ0v) is 12.8. The topological polar surface area (TPSA) is 35.2 Å². The summed E-state index contributed by atoms with van der Waals surface area (Å²) in [7, 11) is 0. The maximum Gasteiger partial charge on any atom is 0.0845 e. The van der Waals surface area contributed by atoms with Crippen molar-refractivity contribution in [2.45, 2.75) is 25.0 Å². The Morgan fingerprint density at radius 1 is 1.20 bits per heavy atom. The number of nitrogens with two attached hydrogens (primary N) is 1. The molecule has 0 spiro atoms. The molecule has 1 aliphatic rings. The Bertz CT molecular complexity index is 599. The molecule has 3 rings (SSSR count). The predicted octanol–water partition coefficient (Wildman–Crippen LogP) is 4.15. The number of fused-ring (bicyclic) bond motifs is 1. The summed E-state index contributed by atoms with van der Waals surface area (Å²) in [6.45, 7) is 0.785. The van der Waals surface area contributed by atoms with E-state index in [1.807, 2.05) is 12.1 Å². The molecule has 104 valence electrons. The van der Waals surface area contributed by atoms with Crippen LogP contribution < -0.4 is 5.73 Å². The van der Waals surface area contributed by atoms with Gasteiger partial charge in [-0.3, -0.25) is 0 Å². The van der Waals surface area contributed by atoms with Crippen LogP contribution >= 0.6 is 15.9 Å². The molecule has 2 nitrogen and oxygen atoms in total. The van der Waals surface area contributed by atoms with Gasteiger partial charge in [0.25, 0.3) is 0 Å². The van der Waals surface area contributed by atoms with Crippen LogP contribution in [0.15, 0.2) is 53.0 Å². The molecule has 2 atom stereocenters. The van der Waals surface area contributed by atoms with Gasteiger partial charge in [-0.15, -0.1) is 0 Å². The molecule has 2 N–H and O–H groups in total. The molecule has 3 heteroatoms. The van der Waals surface area contributed by atoms with Gasteiger partial charge in [0.15, 0.2) is 0 Å². The molecule has 1 heterocycles. The number of rotatable bonds is 3. The summed E-state index contributed by atoms with van der Waals surface area (Å²) in [4.78, 5) is 0. The number of ether oxygens (including phenoxy) is 1. The lowest BCUT2D eigenvalue weighted by molar-refractivity contribution is 0.0320. The van der Waals surface area contributed by atoms with Gasteiger partial charge in [0.2, 0.25) is 0 Å². The maximum absolute atomic E-state index is 6.35. The summed E-state index contributed by atoms with van der Waals surface area (Å²) in [6, 6.07) is 16.7. The molecule has 1 aliphatic heterocycles. The van der Waals surface area contributed by atoms with Gasteiger partial charge in [-0.1, -0.05) is 52.3 Å². The van der Waals surface area contributed by atoms with E-state index in [1.165, 1.54) is 11.1 Å². The van der Waals surface area contributed by atoms with E-state index < -0.39 is 0 Å². The summed E-state index contributed by atoms with van der Waals surface area (Å²) < 4.78 is 7.00. The van der Waals surface area contributed by atoms with Crippen LogP contribution in [0.1, 0.15) is 35.3 Å². The van der Waals surface area contributed by atoms with E-state index in [1.54, 1.807) is 0 Å². The van der Waals surface area contributed by atoms with Gasteiger partial charge in [0, 0.05) is 10.5 Å². The predicted molar refractivity (Wildman–Crippen MR) is 84.5 cm³/mol. The third kappa shape index (κ3) is 2.95. The number of halogens is 1. The Kier molecular flexibility index (Phi) is 4.20. The third-order valence-corrected chi connectivity index (χ3v) is 4.33. The lowest BCUT2D eigenvalue weighted by atomic mass is 9.92. The Morgan fingerprint density at radius 2 is 2.05 bits per heavy atom.